The summed E-state index contributed by atoms with van der Waals surface area (Å²) in [6, 6.07) is 3.66. The van der Waals surface area contributed by atoms with Crippen molar-refractivity contribution in [1.82, 2.24) is 14.7 Å². The molecule has 0 atom stereocenters. The maximum absolute atomic E-state index is 12.3. The fraction of sp³-hybridized carbons (Fsp3) is 0.467. The highest BCUT2D eigenvalue weighted by molar-refractivity contribution is 5.94. The summed E-state index contributed by atoms with van der Waals surface area (Å²) in [5, 5.41) is 2.89. The minimum absolute atomic E-state index is 0.134. The molecule has 0 aliphatic carbocycles. The molecule has 114 valence electrons. The number of nitrogens with one attached hydrogen (secondary N) is 1. The van der Waals surface area contributed by atoms with Gasteiger partial charge >= 0.3 is 0 Å². The zero-order valence-electron chi connectivity index (χ0n) is 12.7. The number of amides is 1. The Morgan fingerprint density at radius 2 is 2.29 bits per heavy atom. The molecule has 0 fully saturated rings. The van der Waals surface area contributed by atoms with E-state index in [1.165, 1.54) is 0 Å². The number of carbonyl (C=O) groups excluding carboxylic acids is 1. The number of hydrogen-bond donors (Lipinski definition) is 1. The maximum atomic E-state index is 12.3. The topological polar surface area (TPSA) is 64.9 Å². The Labute approximate surface area is 124 Å². The SMILES string of the molecule is CCOCCCNC(=O)c1c(C)nc2c(OC)cccn12. The molecule has 0 unspecified atom stereocenters. The zero-order chi connectivity index (χ0) is 15.2. The van der Waals surface area contributed by atoms with E-state index in [0.717, 1.165) is 6.42 Å². The first-order valence-electron chi connectivity index (χ1n) is 7.06. The number of methoxy groups -OCH3 is 1. The molecule has 1 N–H and O–H groups in total. The third-order valence-electron chi connectivity index (χ3n) is 3.18. The zero-order valence-corrected chi connectivity index (χ0v) is 12.7. The van der Waals surface area contributed by atoms with Gasteiger partial charge in [0.2, 0.25) is 0 Å². The number of fused-ring (bicyclic) bond motifs is 1. The highest BCUT2D eigenvalue weighted by Crippen LogP contribution is 2.21. The van der Waals surface area contributed by atoms with Crippen LogP contribution in [0.5, 0.6) is 5.75 Å². The van der Waals surface area contributed by atoms with Crippen molar-refractivity contribution in [3.63, 3.8) is 0 Å². The molecule has 0 aliphatic heterocycles. The lowest BCUT2D eigenvalue weighted by atomic mass is 10.3. The molecule has 1 amide bonds. The molecule has 0 saturated heterocycles. The molecule has 6 heteroatoms. The molecule has 0 spiro atoms. The summed E-state index contributed by atoms with van der Waals surface area (Å²) >= 11 is 0. The van der Waals surface area contributed by atoms with Crippen LogP contribution in [0.1, 0.15) is 29.5 Å². The summed E-state index contributed by atoms with van der Waals surface area (Å²) in [6.07, 6.45) is 2.60. The van der Waals surface area contributed by atoms with Crippen molar-refractivity contribution in [3.8, 4) is 5.75 Å². The number of imidazole rings is 1. The number of nitrogens with zero attached hydrogens (tertiary/aromatic N) is 2. The normalized spacial score (nSPS) is 10.8. The molecular weight excluding hydrogens is 270 g/mol. The van der Waals surface area contributed by atoms with E-state index in [0.29, 0.717) is 42.5 Å². The van der Waals surface area contributed by atoms with E-state index < -0.39 is 0 Å². The largest absolute Gasteiger partial charge is 0.493 e. The third-order valence-corrected chi connectivity index (χ3v) is 3.18. The number of rotatable bonds is 7. The second-order valence-electron chi connectivity index (χ2n) is 4.62. The van der Waals surface area contributed by atoms with Gasteiger partial charge in [-0.3, -0.25) is 9.20 Å². The monoisotopic (exact) mass is 291 g/mol. The third kappa shape index (κ3) is 3.33. The number of aromatic nitrogens is 2. The van der Waals surface area contributed by atoms with Crippen LogP contribution in [0.15, 0.2) is 18.3 Å². The Morgan fingerprint density at radius 1 is 1.48 bits per heavy atom. The molecule has 0 bridgehead atoms. The number of carbonyl (C=O) groups is 1. The molecule has 0 aliphatic rings. The van der Waals surface area contributed by atoms with Gasteiger partial charge in [0.15, 0.2) is 11.4 Å². The van der Waals surface area contributed by atoms with Crippen molar-refractivity contribution in [3.05, 3.63) is 29.7 Å². The summed E-state index contributed by atoms with van der Waals surface area (Å²) in [5.41, 5.74) is 1.87. The van der Waals surface area contributed by atoms with Crippen LogP contribution in [-0.4, -0.2) is 42.2 Å². The second kappa shape index (κ2) is 7.08. The molecule has 2 aromatic heterocycles. The summed E-state index contributed by atoms with van der Waals surface area (Å²) in [6.45, 7) is 5.70. The van der Waals surface area contributed by atoms with Gasteiger partial charge < -0.3 is 14.8 Å². The second-order valence-corrected chi connectivity index (χ2v) is 4.62. The lowest BCUT2D eigenvalue weighted by Crippen LogP contribution is -2.27. The van der Waals surface area contributed by atoms with Gasteiger partial charge in [-0.1, -0.05) is 0 Å². The summed E-state index contributed by atoms with van der Waals surface area (Å²) in [7, 11) is 1.59. The van der Waals surface area contributed by atoms with Crippen LogP contribution in [0.2, 0.25) is 0 Å². The first kappa shape index (κ1) is 15.3. The molecule has 2 heterocycles. The van der Waals surface area contributed by atoms with Gasteiger partial charge in [0, 0.05) is 26.0 Å². The minimum Gasteiger partial charge on any atom is -0.493 e. The van der Waals surface area contributed by atoms with Gasteiger partial charge in [0.25, 0.3) is 5.91 Å². The van der Waals surface area contributed by atoms with Gasteiger partial charge in [0.1, 0.15) is 5.69 Å². The first-order valence-corrected chi connectivity index (χ1v) is 7.06. The molecule has 2 aromatic rings. The highest BCUT2D eigenvalue weighted by Gasteiger charge is 2.17. The van der Waals surface area contributed by atoms with Crippen LogP contribution in [0.25, 0.3) is 5.65 Å². The van der Waals surface area contributed by atoms with E-state index in [-0.39, 0.29) is 5.91 Å². The van der Waals surface area contributed by atoms with E-state index in [1.54, 1.807) is 11.5 Å². The van der Waals surface area contributed by atoms with E-state index in [2.05, 4.69) is 10.3 Å². The average Bonchev–Trinajstić information content (AvgIpc) is 2.82. The molecular formula is C15H21N3O3. The van der Waals surface area contributed by atoms with Crippen molar-refractivity contribution in [1.29, 1.82) is 0 Å². The van der Waals surface area contributed by atoms with Gasteiger partial charge in [-0.05, 0) is 32.4 Å². The summed E-state index contributed by atoms with van der Waals surface area (Å²) in [5.74, 6) is 0.515. The Kier molecular flexibility index (Phi) is 5.16. The van der Waals surface area contributed by atoms with Crippen molar-refractivity contribution in [2.75, 3.05) is 26.9 Å². The van der Waals surface area contributed by atoms with Crippen molar-refractivity contribution < 1.29 is 14.3 Å². The van der Waals surface area contributed by atoms with Crippen LogP contribution in [0, 0.1) is 6.92 Å². The molecule has 0 radical (unpaired) electrons. The summed E-state index contributed by atoms with van der Waals surface area (Å²) < 4.78 is 12.3. The highest BCUT2D eigenvalue weighted by atomic mass is 16.5. The maximum Gasteiger partial charge on any atom is 0.270 e. The Balaban J connectivity index is 2.14. The lowest BCUT2D eigenvalue weighted by molar-refractivity contribution is 0.0938. The van der Waals surface area contributed by atoms with Crippen LogP contribution in [-0.2, 0) is 4.74 Å². The molecule has 0 aromatic carbocycles. The fourth-order valence-electron chi connectivity index (χ4n) is 2.19. The number of aryl methyl sites for hydroxylation is 1. The van der Waals surface area contributed by atoms with E-state index in [9.17, 15) is 4.79 Å². The quantitative estimate of drug-likeness (QED) is 0.790. The summed E-state index contributed by atoms with van der Waals surface area (Å²) in [4.78, 5) is 16.7. The Bertz CT molecular complexity index is 622. The van der Waals surface area contributed by atoms with Gasteiger partial charge in [-0.15, -0.1) is 0 Å². The van der Waals surface area contributed by atoms with Crippen molar-refractivity contribution >= 4 is 11.6 Å². The predicted molar refractivity (Wildman–Crippen MR) is 79.9 cm³/mol. The van der Waals surface area contributed by atoms with Crippen molar-refractivity contribution in [2.24, 2.45) is 0 Å². The van der Waals surface area contributed by atoms with Gasteiger partial charge in [0.05, 0.1) is 12.8 Å². The molecule has 0 saturated carbocycles. The van der Waals surface area contributed by atoms with Crippen LogP contribution < -0.4 is 10.1 Å². The van der Waals surface area contributed by atoms with Crippen LogP contribution in [0.4, 0.5) is 0 Å². The standard InChI is InChI=1S/C15H21N3O3/c1-4-21-10-6-8-16-15(19)13-11(2)17-14-12(20-3)7-5-9-18(13)14/h5,7,9H,4,6,8,10H2,1-3H3,(H,16,19). The Morgan fingerprint density at radius 3 is 3.00 bits per heavy atom. The molecule has 21 heavy (non-hydrogen) atoms. The number of pyridine rings is 1. The van der Waals surface area contributed by atoms with Crippen LogP contribution in [0.3, 0.4) is 0 Å². The number of ether oxygens (including phenoxy) is 2. The molecule has 6 nitrogen and oxygen atoms in total. The number of hydrogen-bond acceptors (Lipinski definition) is 4. The van der Waals surface area contributed by atoms with Crippen LogP contribution >= 0.6 is 0 Å². The van der Waals surface area contributed by atoms with E-state index >= 15 is 0 Å². The minimum atomic E-state index is -0.134. The average molecular weight is 291 g/mol. The lowest BCUT2D eigenvalue weighted by Gasteiger charge is -2.07. The smallest absolute Gasteiger partial charge is 0.270 e. The van der Waals surface area contributed by atoms with Gasteiger partial charge in [-0.2, -0.15) is 0 Å². The van der Waals surface area contributed by atoms with E-state index in [4.69, 9.17) is 9.47 Å². The first-order chi connectivity index (χ1) is 10.2. The van der Waals surface area contributed by atoms with Gasteiger partial charge in [-0.25, -0.2) is 4.98 Å². The Hall–Kier alpha value is -2.08. The van der Waals surface area contributed by atoms with E-state index in [1.807, 2.05) is 32.2 Å². The predicted octanol–water partition coefficient (Wildman–Crippen LogP) is 1.81. The van der Waals surface area contributed by atoms with Crippen molar-refractivity contribution in [2.45, 2.75) is 20.3 Å². The molecule has 2 rings (SSSR count). The fourth-order valence-corrected chi connectivity index (χ4v) is 2.19.